The van der Waals surface area contributed by atoms with E-state index in [-0.39, 0.29) is 5.16 Å². The molecule has 0 saturated carbocycles. The molecule has 2 N–H and O–H groups in total. The molecular formula is C16H16F3N3O2S. The third kappa shape index (κ3) is 5.09. The highest BCUT2D eigenvalue weighted by Gasteiger charge is 2.33. The van der Waals surface area contributed by atoms with Gasteiger partial charge in [-0.25, -0.2) is 4.98 Å². The number of halogens is 3. The highest BCUT2D eigenvalue weighted by molar-refractivity contribution is 8.00. The van der Waals surface area contributed by atoms with Crippen LogP contribution in [-0.2, 0) is 11.0 Å². The first kappa shape index (κ1) is 19.0. The van der Waals surface area contributed by atoms with Gasteiger partial charge in [-0.3, -0.25) is 9.59 Å². The molecule has 1 amide bonds. The Morgan fingerprint density at radius 2 is 1.92 bits per heavy atom. The summed E-state index contributed by atoms with van der Waals surface area (Å²) in [5.41, 5.74) is 0.450. The van der Waals surface area contributed by atoms with Crippen LogP contribution in [-0.4, -0.2) is 21.1 Å². The number of nitrogens with zero attached hydrogens (tertiary/aromatic N) is 1. The third-order valence-corrected chi connectivity index (χ3v) is 4.43. The van der Waals surface area contributed by atoms with Crippen molar-refractivity contribution >= 4 is 23.4 Å². The van der Waals surface area contributed by atoms with Gasteiger partial charge in [0.25, 0.3) is 5.56 Å². The molecule has 0 radical (unpaired) electrons. The number of aromatic amines is 1. The van der Waals surface area contributed by atoms with E-state index in [1.807, 2.05) is 19.9 Å². The van der Waals surface area contributed by atoms with Crippen molar-refractivity contribution in [3.05, 3.63) is 51.4 Å². The second kappa shape index (κ2) is 7.30. The average Bonchev–Trinajstić information content (AvgIpc) is 2.49. The van der Waals surface area contributed by atoms with Crippen LogP contribution in [0, 0.1) is 13.8 Å². The van der Waals surface area contributed by atoms with Gasteiger partial charge in [0.1, 0.15) is 0 Å². The zero-order chi connectivity index (χ0) is 18.8. The molecule has 5 nitrogen and oxygen atoms in total. The summed E-state index contributed by atoms with van der Waals surface area (Å²) in [6.45, 7) is 5.36. The second-order valence-corrected chi connectivity index (χ2v) is 6.81. The number of hydrogen-bond donors (Lipinski definition) is 2. The quantitative estimate of drug-likeness (QED) is 0.637. The smallest absolute Gasteiger partial charge is 0.325 e. The number of amides is 1. The van der Waals surface area contributed by atoms with E-state index in [0.717, 1.165) is 22.9 Å². The number of benzene rings is 1. The van der Waals surface area contributed by atoms with Crippen molar-refractivity contribution in [2.24, 2.45) is 0 Å². The molecule has 134 valence electrons. The van der Waals surface area contributed by atoms with Crippen LogP contribution in [0.4, 0.5) is 18.9 Å². The molecule has 0 spiro atoms. The van der Waals surface area contributed by atoms with Crippen molar-refractivity contribution < 1.29 is 18.0 Å². The summed E-state index contributed by atoms with van der Waals surface area (Å²) < 4.78 is 38.1. The largest absolute Gasteiger partial charge is 0.433 e. The van der Waals surface area contributed by atoms with Gasteiger partial charge in [-0.1, -0.05) is 17.8 Å². The van der Waals surface area contributed by atoms with Crippen LogP contribution >= 0.6 is 11.8 Å². The van der Waals surface area contributed by atoms with E-state index in [1.54, 1.807) is 12.1 Å². The van der Waals surface area contributed by atoms with Gasteiger partial charge >= 0.3 is 6.18 Å². The first-order valence-electron chi connectivity index (χ1n) is 7.29. The SMILES string of the molecule is Cc1ccc(NC(=O)C(C)Sc2nc(C(F)(F)F)cc(=O)[nH]2)cc1C. The van der Waals surface area contributed by atoms with Crippen molar-refractivity contribution in [3.8, 4) is 0 Å². The number of aromatic nitrogens is 2. The number of aryl methyl sites for hydroxylation is 2. The lowest BCUT2D eigenvalue weighted by atomic mass is 10.1. The Kier molecular flexibility index (Phi) is 5.56. The molecule has 9 heteroatoms. The van der Waals surface area contributed by atoms with Crippen molar-refractivity contribution in [1.29, 1.82) is 0 Å². The van der Waals surface area contributed by atoms with Crippen LogP contribution in [0.3, 0.4) is 0 Å². The van der Waals surface area contributed by atoms with Gasteiger partial charge in [-0.2, -0.15) is 13.2 Å². The Labute approximate surface area is 146 Å². The highest BCUT2D eigenvalue weighted by Crippen LogP contribution is 2.28. The van der Waals surface area contributed by atoms with Gasteiger partial charge < -0.3 is 10.3 Å². The average molecular weight is 371 g/mol. The summed E-state index contributed by atoms with van der Waals surface area (Å²) in [5, 5.41) is 1.67. The molecule has 0 aliphatic heterocycles. The number of carbonyl (C=O) groups excluding carboxylic acids is 1. The van der Waals surface area contributed by atoms with E-state index >= 15 is 0 Å². The van der Waals surface area contributed by atoms with Crippen LogP contribution in [0.15, 0.2) is 34.2 Å². The molecule has 1 aromatic carbocycles. The topological polar surface area (TPSA) is 74.8 Å². The summed E-state index contributed by atoms with van der Waals surface area (Å²) in [5.74, 6) is -0.409. The fourth-order valence-electron chi connectivity index (χ4n) is 1.92. The lowest BCUT2D eigenvalue weighted by Gasteiger charge is -2.13. The highest BCUT2D eigenvalue weighted by atomic mass is 32.2. The number of anilines is 1. The van der Waals surface area contributed by atoms with E-state index in [0.29, 0.717) is 11.8 Å². The standard InChI is InChI=1S/C16H16F3N3O2S/c1-8-4-5-11(6-9(8)2)20-14(24)10(3)25-15-21-12(16(17,18)19)7-13(23)22-15/h4-7,10H,1-3H3,(H,20,24)(H,21,22,23). The van der Waals surface area contributed by atoms with Crippen molar-refractivity contribution in [2.75, 3.05) is 5.32 Å². The maximum absolute atomic E-state index is 12.7. The molecule has 0 aliphatic rings. The monoisotopic (exact) mass is 371 g/mol. The van der Waals surface area contributed by atoms with Crippen LogP contribution in [0.5, 0.6) is 0 Å². The predicted molar refractivity (Wildman–Crippen MR) is 89.7 cm³/mol. The molecule has 2 rings (SSSR count). The minimum atomic E-state index is -4.73. The maximum Gasteiger partial charge on any atom is 0.433 e. The second-order valence-electron chi connectivity index (χ2n) is 5.48. The number of hydrogen-bond acceptors (Lipinski definition) is 4. The predicted octanol–water partition coefficient (Wildman–Crippen LogP) is 3.52. The lowest BCUT2D eigenvalue weighted by molar-refractivity contribution is -0.141. The molecule has 1 atom stereocenters. The molecule has 0 fully saturated rings. The Hall–Kier alpha value is -2.29. The number of thioether (sulfide) groups is 1. The van der Waals surface area contributed by atoms with Gasteiger partial charge in [-0.05, 0) is 44.0 Å². The molecule has 2 aromatic rings. The Bertz CT molecular complexity index is 849. The van der Waals surface area contributed by atoms with Gasteiger partial charge in [0.05, 0.1) is 5.25 Å². The number of rotatable bonds is 4. The van der Waals surface area contributed by atoms with Crippen molar-refractivity contribution in [1.82, 2.24) is 9.97 Å². The zero-order valence-corrected chi connectivity index (χ0v) is 14.5. The van der Waals surface area contributed by atoms with E-state index in [1.165, 1.54) is 6.92 Å². The number of nitrogens with one attached hydrogen (secondary N) is 2. The van der Waals surface area contributed by atoms with Gasteiger partial charge in [0.2, 0.25) is 5.91 Å². The molecule has 0 aliphatic carbocycles. The van der Waals surface area contributed by atoms with E-state index < -0.39 is 28.6 Å². The van der Waals surface area contributed by atoms with Crippen LogP contribution in [0.2, 0.25) is 0 Å². The Morgan fingerprint density at radius 3 is 2.52 bits per heavy atom. The minimum Gasteiger partial charge on any atom is -0.325 e. The summed E-state index contributed by atoms with van der Waals surface area (Å²) >= 11 is 0.744. The van der Waals surface area contributed by atoms with E-state index in [9.17, 15) is 22.8 Å². The molecule has 0 saturated heterocycles. The van der Waals surface area contributed by atoms with Gasteiger partial charge in [0, 0.05) is 11.8 Å². The first-order chi connectivity index (χ1) is 11.6. The van der Waals surface area contributed by atoms with Crippen molar-refractivity contribution in [3.63, 3.8) is 0 Å². The molecule has 1 heterocycles. The zero-order valence-electron chi connectivity index (χ0n) is 13.7. The Balaban J connectivity index is 2.12. The van der Waals surface area contributed by atoms with E-state index in [2.05, 4.69) is 15.3 Å². The number of H-pyrrole nitrogens is 1. The van der Waals surface area contributed by atoms with E-state index in [4.69, 9.17) is 0 Å². The normalized spacial score (nSPS) is 12.7. The van der Waals surface area contributed by atoms with Crippen LogP contribution in [0.25, 0.3) is 0 Å². The van der Waals surface area contributed by atoms with Gasteiger partial charge in [-0.15, -0.1) is 0 Å². The molecular weight excluding hydrogens is 355 g/mol. The molecule has 1 unspecified atom stereocenters. The van der Waals surface area contributed by atoms with Crippen molar-refractivity contribution in [2.45, 2.75) is 37.4 Å². The maximum atomic E-state index is 12.7. The number of carbonyl (C=O) groups is 1. The summed E-state index contributed by atoms with van der Waals surface area (Å²) in [4.78, 5) is 29.1. The first-order valence-corrected chi connectivity index (χ1v) is 8.17. The number of alkyl halides is 3. The fourth-order valence-corrected chi connectivity index (χ4v) is 2.73. The Morgan fingerprint density at radius 1 is 1.24 bits per heavy atom. The molecule has 0 bridgehead atoms. The summed E-state index contributed by atoms with van der Waals surface area (Å²) in [6.07, 6.45) is -4.73. The fraction of sp³-hybridized carbons (Fsp3) is 0.312. The van der Waals surface area contributed by atoms with Crippen LogP contribution in [0.1, 0.15) is 23.7 Å². The molecule has 1 aromatic heterocycles. The van der Waals surface area contributed by atoms with Gasteiger partial charge in [0.15, 0.2) is 10.9 Å². The summed E-state index contributed by atoms with van der Waals surface area (Å²) in [6, 6.07) is 5.77. The minimum absolute atomic E-state index is 0.262. The summed E-state index contributed by atoms with van der Waals surface area (Å²) in [7, 11) is 0. The third-order valence-electron chi connectivity index (χ3n) is 3.44. The lowest BCUT2D eigenvalue weighted by Crippen LogP contribution is -2.24. The molecule has 25 heavy (non-hydrogen) atoms. The van der Waals surface area contributed by atoms with Crippen LogP contribution < -0.4 is 10.9 Å².